The van der Waals surface area contributed by atoms with Crippen molar-refractivity contribution in [2.75, 3.05) is 12.4 Å². The van der Waals surface area contributed by atoms with Crippen LogP contribution in [0.15, 0.2) is 23.3 Å². The lowest BCUT2D eigenvalue weighted by Crippen LogP contribution is -2.27. The number of aromatic hydroxyl groups is 1. The highest BCUT2D eigenvalue weighted by Gasteiger charge is 2.22. The van der Waals surface area contributed by atoms with Gasteiger partial charge in [0.25, 0.3) is 0 Å². The fourth-order valence-electron chi connectivity index (χ4n) is 1.79. The molecule has 0 radical (unpaired) electrons. The molecule has 2 aromatic rings. The van der Waals surface area contributed by atoms with Crippen LogP contribution >= 0.6 is 11.3 Å². The van der Waals surface area contributed by atoms with Gasteiger partial charge in [0.1, 0.15) is 5.01 Å². The fraction of sp³-hybridized carbons (Fsp3) is 0.353. The van der Waals surface area contributed by atoms with E-state index in [0.717, 1.165) is 11.3 Å². The SMILES string of the molecule is COc1cc(/C=N\NC(=O)Cc2nnc(NC(=O)C(C)(C)C)s2)ccc1O. The molecule has 0 aliphatic carbocycles. The number of anilines is 1. The van der Waals surface area contributed by atoms with E-state index in [0.29, 0.717) is 21.5 Å². The number of methoxy groups -OCH3 is 1. The molecule has 0 bridgehead atoms. The van der Waals surface area contributed by atoms with E-state index >= 15 is 0 Å². The van der Waals surface area contributed by atoms with Crippen LogP contribution in [-0.4, -0.2) is 40.4 Å². The molecule has 1 aromatic carbocycles. The minimum Gasteiger partial charge on any atom is -0.504 e. The minimum atomic E-state index is -0.547. The average Bonchev–Trinajstić information content (AvgIpc) is 3.02. The summed E-state index contributed by atoms with van der Waals surface area (Å²) in [6.07, 6.45) is 1.41. The Morgan fingerprint density at radius 1 is 1.33 bits per heavy atom. The molecule has 1 aromatic heterocycles. The summed E-state index contributed by atoms with van der Waals surface area (Å²) in [5.41, 5.74) is 2.48. The largest absolute Gasteiger partial charge is 0.504 e. The van der Waals surface area contributed by atoms with Crippen molar-refractivity contribution in [3.63, 3.8) is 0 Å². The second-order valence-corrected chi connectivity index (χ2v) is 7.67. The summed E-state index contributed by atoms with van der Waals surface area (Å²) >= 11 is 1.13. The van der Waals surface area contributed by atoms with Gasteiger partial charge in [0.05, 0.1) is 19.7 Å². The lowest BCUT2D eigenvalue weighted by molar-refractivity contribution is -0.123. The Morgan fingerprint density at radius 2 is 2.07 bits per heavy atom. The second-order valence-electron chi connectivity index (χ2n) is 6.61. The quantitative estimate of drug-likeness (QED) is 0.510. The van der Waals surface area contributed by atoms with Gasteiger partial charge in [-0.15, -0.1) is 10.2 Å². The van der Waals surface area contributed by atoms with Crippen LogP contribution in [0.5, 0.6) is 11.5 Å². The number of benzene rings is 1. The molecule has 10 heteroatoms. The van der Waals surface area contributed by atoms with E-state index in [1.165, 1.54) is 19.4 Å². The minimum absolute atomic E-state index is 0.0146. The number of carbonyl (C=O) groups excluding carboxylic acids is 2. The van der Waals surface area contributed by atoms with Gasteiger partial charge in [-0.1, -0.05) is 32.1 Å². The maximum Gasteiger partial charge on any atom is 0.247 e. The number of phenolic OH excluding ortho intramolecular Hbond substituents is 1. The Balaban J connectivity index is 1.88. The maximum absolute atomic E-state index is 11.9. The van der Waals surface area contributed by atoms with Crippen molar-refractivity contribution in [1.82, 2.24) is 15.6 Å². The number of nitrogens with one attached hydrogen (secondary N) is 2. The summed E-state index contributed by atoms with van der Waals surface area (Å²) < 4.78 is 5.00. The number of carbonyl (C=O) groups is 2. The van der Waals surface area contributed by atoms with E-state index in [-0.39, 0.29) is 24.0 Å². The van der Waals surface area contributed by atoms with Gasteiger partial charge in [-0.2, -0.15) is 5.10 Å². The summed E-state index contributed by atoms with van der Waals surface area (Å²) in [6, 6.07) is 4.68. The Bertz CT molecular complexity index is 857. The third kappa shape index (κ3) is 6.03. The van der Waals surface area contributed by atoms with Crippen molar-refractivity contribution in [2.45, 2.75) is 27.2 Å². The van der Waals surface area contributed by atoms with Gasteiger partial charge in [-0.25, -0.2) is 5.43 Å². The van der Waals surface area contributed by atoms with E-state index < -0.39 is 5.41 Å². The first-order valence-electron chi connectivity index (χ1n) is 8.02. The Morgan fingerprint density at radius 3 is 2.74 bits per heavy atom. The van der Waals surface area contributed by atoms with Crippen molar-refractivity contribution in [1.29, 1.82) is 0 Å². The maximum atomic E-state index is 11.9. The first-order chi connectivity index (χ1) is 12.7. The topological polar surface area (TPSA) is 126 Å². The highest BCUT2D eigenvalue weighted by atomic mass is 32.1. The Kier molecular flexibility index (Phi) is 6.45. The number of hydrogen-bond acceptors (Lipinski definition) is 8. The van der Waals surface area contributed by atoms with Gasteiger partial charge >= 0.3 is 0 Å². The molecule has 0 saturated carbocycles. The van der Waals surface area contributed by atoms with E-state index in [2.05, 4.69) is 26.0 Å². The molecule has 1 heterocycles. The van der Waals surface area contributed by atoms with Gasteiger partial charge in [-0.05, 0) is 23.8 Å². The lowest BCUT2D eigenvalue weighted by atomic mass is 9.96. The summed E-state index contributed by atoms with van der Waals surface area (Å²) in [6.45, 7) is 5.37. The first-order valence-corrected chi connectivity index (χ1v) is 8.83. The highest BCUT2D eigenvalue weighted by Crippen LogP contribution is 2.25. The summed E-state index contributed by atoms with van der Waals surface area (Å²) in [7, 11) is 1.44. The molecule has 0 atom stereocenters. The number of nitrogens with zero attached hydrogens (tertiary/aromatic N) is 3. The number of hydrogen-bond donors (Lipinski definition) is 3. The van der Waals surface area contributed by atoms with E-state index in [9.17, 15) is 14.7 Å². The molecule has 0 aliphatic heterocycles. The first kappa shape index (κ1) is 20.3. The third-order valence-corrected chi connectivity index (χ3v) is 4.13. The standard InChI is InChI=1S/C17H21N5O4S/c1-17(2,3)15(25)19-16-22-21-14(27-16)8-13(24)20-18-9-10-5-6-11(23)12(7-10)26-4/h5-7,9,23H,8H2,1-4H3,(H,20,24)(H,19,22,25)/b18-9-. The van der Waals surface area contributed by atoms with Gasteiger partial charge in [-0.3, -0.25) is 9.59 Å². The smallest absolute Gasteiger partial charge is 0.247 e. The summed E-state index contributed by atoms with van der Waals surface area (Å²) in [5, 5.41) is 24.6. The van der Waals surface area contributed by atoms with Crippen molar-refractivity contribution in [3.8, 4) is 11.5 Å². The van der Waals surface area contributed by atoms with Crippen LogP contribution in [0.4, 0.5) is 5.13 Å². The zero-order chi connectivity index (χ0) is 20.0. The zero-order valence-electron chi connectivity index (χ0n) is 15.4. The monoisotopic (exact) mass is 391 g/mol. The molecule has 9 nitrogen and oxygen atoms in total. The van der Waals surface area contributed by atoms with Crippen LogP contribution in [0.3, 0.4) is 0 Å². The Hall–Kier alpha value is -3.01. The summed E-state index contributed by atoms with van der Waals surface area (Å²) in [4.78, 5) is 23.8. The van der Waals surface area contributed by atoms with Crippen LogP contribution in [0, 0.1) is 5.41 Å². The van der Waals surface area contributed by atoms with Gasteiger partial charge in [0.2, 0.25) is 16.9 Å². The molecule has 27 heavy (non-hydrogen) atoms. The Labute approximate surface area is 160 Å². The van der Waals surface area contributed by atoms with E-state index in [4.69, 9.17) is 4.74 Å². The highest BCUT2D eigenvalue weighted by molar-refractivity contribution is 7.15. The fourth-order valence-corrected chi connectivity index (χ4v) is 2.52. The van der Waals surface area contributed by atoms with Crippen LogP contribution in [0.25, 0.3) is 0 Å². The number of phenols is 1. The zero-order valence-corrected chi connectivity index (χ0v) is 16.3. The second kappa shape index (κ2) is 8.58. The molecule has 0 spiro atoms. The molecule has 2 amide bonds. The molecule has 144 valence electrons. The predicted molar refractivity (Wildman–Crippen MR) is 102 cm³/mol. The number of hydrazone groups is 1. The van der Waals surface area contributed by atoms with Crippen molar-refractivity contribution >= 4 is 34.5 Å². The molecule has 3 N–H and O–H groups in total. The van der Waals surface area contributed by atoms with Crippen molar-refractivity contribution < 1.29 is 19.4 Å². The molecular formula is C17H21N5O4S. The van der Waals surface area contributed by atoms with Crippen LogP contribution < -0.4 is 15.5 Å². The number of ether oxygens (including phenoxy) is 1. The van der Waals surface area contributed by atoms with Crippen LogP contribution in [0.2, 0.25) is 0 Å². The lowest BCUT2D eigenvalue weighted by Gasteiger charge is -2.15. The van der Waals surface area contributed by atoms with Gasteiger partial charge < -0.3 is 15.2 Å². The average molecular weight is 391 g/mol. The van der Waals surface area contributed by atoms with Crippen LogP contribution in [-0.2, 0) is 16.0 Å². The van der Waals surface area contributed by atoms with E-state index in [1.807, 2.05) is 0 Å². The summed E-state index contributed by atoms with van der Waals surface area (Å²) in [5.74, 6) is -0.223. The third-order valence-electron chi connectivity index (χ3n) is 3.29. The predicted octanol–water partition coefficient (Wildman–Crippen LogP) is 1.93. The molecular weight excluding hydrogens is 370 g/mol. The van der Waals surface area contributed by atoms with Gasteiger partial charge in [0, 0.05) is 5.41 Å². The number of aromatic nitrogens is 2. The normalized spacial score (nSPS) is 11.4. The molecule has 2 rings (SSSR count). The van der Waals surface area contributed by atoms with E-state index in [1.54, 1.807) is 32.9 Å². The number of rotatable bonds is 6. The van der Waals surface area contributed by atoms with Crippen LogP contribution in [0.1, 0.15) is 31.3 Å². The molecule has 0 saturated heterocycles. The number of amides is 2. The molecule has 0 unspecified atom stereocenters. The molecule has 0 fully saturated rings. The molecule has 0 aliphatic rings. The van der Waals surface area contributed by atoms with Gasteiger partial charge in [0.15, 0.2) is 11.5 Å². The van der Waals surface area contributed by atoms with Crippen molar-refractivity contribution in [2.24, 2.45) is 10.5 Å². The van der Waals surface area contributed by atoms with Crippen molar-refractivity contribution in [3.05, 3.63) is 28.8 Å².